The molecular weight excluding hydrogens is 470 g/mol. The number of ether oxygens (including phenoxy) is 1. The molecule has 3 aliphatic rings. The number of esters is 1. The molecule has 2 aliphatic carbocycles. The second-order valence-electron chi connectivity index (χ2n) is 10.6. The summed E-state index contributed by atoms with van der Waals surface area (Å²) in [6.07, 6.45) is 1.63. The number of aromatic nitrogens is 1. The van der Waals surface area contributed by atoms with E-state index in [0.29, 0.717) is 6.54 Å². The van der Waals surface area contributed by atoms with Gasteiger partial charge in [-0.1, -0.05) is 11.6 Å². The van der Waals surface area contributed by atoms with Crippen molar-refractivity contribution in [1.82, 2.24) is 4.57 Å². The number of pyridine rings is 1. The molecule has 3 fully saturated rings. The van der Waals surface area contributed by atoms with Gasteiger partial charge in [-0.3, -0.25) is 9.59 Å². The van der Waals surface area contributed by atoms with Crippen LogP contribution in [0.15, 0.2) is 17.1 Å². The number of benzene rings is 1. The Kier molecular flexibility index (Phi) is 5.03. The van der Waals surface area contributed by atoms with Crippen LogP contribution in [0.4, 0.5) is 14.5 Å². The van der Waals surface area contributed by atoms with E-state index in [0.717, 1.165) is 25.1 Å². The second kappa shape index (κ2) is 7.41. The highest BCUT2D eigenvalue weighted by Gasteiger charge is 2.59. The number of carboxylic acids is 1. The summed E-state index contributed by atoms with van der Waals surface area (Å²) in [5.41, 5.74) is -2.30. The first-order valence-corrected chi connectivity index (χ1v) is 11.6. The van der Waals surface area contributed by atoms with Crippen LogP contribution in [0.2, 0.25) is 5.02 Å². The third-order valence-electron chi connectivity index (χ3n) is 7.00. The number of rotatable bonds is 4. The summed E-state index contributed by atoms with van der Waals surface area (Å²) < 4.78 is 36.4. The predicted octanol–water partition coefficient (Wildman–Crippen LogP) is 4.33. The molecule has 0 radical (unpaired) electrons. The molecule has 1 spiro atoms. The van der Waals surface area contributed by atoms with Gasteiger partial charge in [0.15, 0.2) is 0 Å². The summed E-state index contributed by atoms with van der Waals surface area (Å²) in [4.78, 5) is 38.9. The Morgan fingerprint density at radius 3 is 2.47 bits per heavy atom. The van der Waals surface area contributed by atoms with Gasteiger partial charge in [0.1, 0.15) is 23.2 Å². The average Bonchev–Trinajstić information content (AvgIpc) is 3.59. The van der Waals surface area contributed by atoms with Crippen molar-refractivity contribution in [3.8, 4) is 0 Å². The fourth-order valence-corrected chi connectivity index (χ4v) is 5.49. The highest BCUT2D eigenvalue weighted by atomic mass is 35.5. The molecule has 182 valence electrons. The number of fused-ring (bicyclic) bond motifs is 1. The number of hydrogen-bond donors (Lipinski definition) is 1. The zero-order valence-corrected chi connectivity index (χ0v) is 19.8. The molecule has 0 bridgehead atoms. The number of aromatic carboxylic acids is 1. The van der Waals surface area contributed by atoms with Crippen LogP contribution < -0.4 is 10.3 Å². The summed E-state index contributed by atoms with van der Waals surface area (Å²) >= 11 is 6.68. The van der Waals surface area contributed by atoms with Crippen molar-refractivity contribution in [2.45, 2.75) is 57.8 Å². The second-order valence-corrected chi connectivity index (χ2v) is 11.0. The molecule has 7 nitrogen and oxygen atoms in total. The number of nitrogens with zero attached hydrogens (tertiary/aromatic N) is 2. The fraction of sp³-hybridized carbons (Fsp3) is 0.542. The van der Waals surface area contributed by atoms with E-state index in [1.165, 1.54) is 4.57 Å². The van der Waals surface area contributed by atoms with Crippen molar-refractivity contribution < 1.29 is 28.2 Å². The normalized spacial score (nSPS) is 25.1. The zero-order chi connectivity index (χ0) is 24.7. The van der Waals surface area contributed by atoms with Gasteiger partial charge in [0.25, 0.3) is 0 Å². The Labute approximate surface area is 199 Å². The lowest BCUT2D eigenvalue weighted by molar-refractivity contribution is -0.161. The first-order chi connectivity index (χ1) is 15.8. The van der Waals surface area contributed by atoms with E-state index < -0.39 is 46.5 Å². The molecule has 0 amide bonds. The number of alkyl halides is 1. The van der Waals surface area contributed by atoms with Crippen LogP contribution in [0, 0.1) is 17.2 Å². The zero-order valence-electron chi connectivity index (χ0n) is 19.0. The van der Waals surface area contributed by atoms with E-state index in [4.69, 9.17) is 16.3 Å². The lowest BCUT2D eigenvalue weighted by Gasteiger charge is -2.24. The molecule has 10 heteroatoms. The smallest absolute Gasteiger partial charge is 0.341 e. The largest absolute Gasteiger partial charge is 0.477 e. The molecule has 2 saturated carbocycles. The van der Waals surface area contributed by atoms with Crippen LogP contribution in [-0.2, 0) is 9.53 Å². The summed E-state index contributed by atoms with van der Waals surface area (Å²) in [6.45, 7) is 5.96. The van der Waals surface area contributed by atoms with Crippen molar-refractivity contribution in [3.63, 3.8) is 0 Å². The topological polar surface area (TPSA) is 88.8 Å². The molecule has 3 atom stereocenters. The minimum absolute atomic E-state index is 0.0267. The monoisotopic (exact) mass is 494 g/mol. The minimum atomic E-state index is -1.48. The van der Waals surface area contributed by atoms with Crippen LogP contribution in [-0.4, -0.2) is 46.5 Å². The summed E-state index contributed by atoms with van der Waals surface area (Å²) in [5.74, 6) is -3.07. The molecule has 1 aliphatic heterocycles. The van der Waals surface area contributed by atoms with E-state index in [9.17, 15) is 23.9 Å². The van der Waals surface area contributed by atoms with Gasteiger partial charge in [-0.05, 0) is 39.7 Å². The standard InChI is InChI=1S/C24H25ClF2N2O5/c1-23(2,3)34-22(33)13-9-28(10-24(13)4-5-24)19-15(27)6-11-18(17(19)25)29(16-7-14(16)26)8-12(20(11)30)21(31)32/h6,8,13-14,16H,4-5,7,9-10H2,1-3H3,(H,31,32)/t13-,14-,16+/m0/s1. The molecule has 2 heterocycles. The van der Waals surface area contributed by atoms with Gasteiger partial charge in [0.05, 0.1) is 33.6 Å². The molecule has 0 unspecified atom stereocenters. The van der Waals surface area contributed by atoms with E-state index in [1.807, 2.05) is 0 Å². The van der Waals surface area contributed by atoms with E-state index in [1.54, 1.807) is 25.7 Å². The third kappa shape index (κ3) is 3.65. The minimum Gasteiger partial charge on any atom is -0.477 e. The highest BCUT2D eigenvalue weighted by Crippen LogP contribution is 2.58. The maximum atomic E-state index is 15.4. The van der Waals surface area contributed by atoms with Gasteiger partial charge < -0.3 is 19.3 Å². The number of anilines is 1. The molecule has 5 rings (SSSR count). The molecule has 1 aromatic carbocycles. The van der Waals surface area contributed by atoms with Crippen LogP contribution >= 0.6 is 11.6 Å². The van der Waals surface area contributed by atoms with E-state index in [-0.39, 0.29) is 46.0 Å². The Bertz CT molecular complexity index is 1300. The number of halogens is 3. The number of carbonyl (C=O) groups excluding carboxylic acids is 1. The van der Waals surface area contributed by atoms with Gasteiger partial charge in [-0.15, -0.1) is 0 Å². The lowest BCUT2D eigenvalue weighted by Crippen LogP contribution is -2.33. The van der Waals surface area contributed by atoms with Gasteiger partial charge in [0, 0.05) is 31.1 Å². The van der Waals surface area contributed by atoms with E-state index in [2.05, 4.69) is 0 Å². The Hall–Kier alpha value is -2.68. The SMILES string of the molecule is CC(C)(C)OC(=O)[C@@H]1CN(c2c(F)cc3c(=O)c(C(=O)O)cn([C@@H]4C[C@@H]4F)c3c2Cl)CC12CC2. The van der Waals surface area contributed by atoms with Gasteiger partial charge in [-0.25, -0.2) is 13.6 Å². The maximum Gasteiger partial charge on any atom is 0.341 e. The van der Waals surface area contributed by atoms with Gasteiger partial charge in [-0.2, -0.15) is 0 Å². The quantitative estimate of drug-likeness (QED) is 0.636. The lowest BCUT2D eigenvalue weighted by atomic mass is 9.93. The number of carboxylic acid groups (broad SMARTS) is 1. The van der Waals surface area contributed by atoms with Gasteiger partial charge >= 0.3 is 11.9 Å². The van der Waals surface area contributed by atoms with E-state index >= 15 is 4.39 Å². The molecule has 34 heavy (non-hydrogen) atoms. The maximum absolute atomic E-state index is 15.4. The molecule has 2 aromatic rings. The van der Waals surface area contributed by atoms with Crippen LogP contribution in [0.25, 0.3) is 10.9 Å². The summed E-state index contributed by atoms with van der Waals surface area (Å²) in [5, 5.41) is 9.12. The Morgan fingerprint density at radius 1 is 1.29 bits per heavy atom. The van der Waals surface area contributed by atoms with Crippen LogP contribution in [0.3, 0.4) is 0 Å². The van der Waals surface area contributed by atoms with Gasteiger partial charge in [0.2, 0.25) is 5.43 Å². The van der Waals surface area contributed by atoms with Crippen molar-refractivity contribution in [3.05, 3.63) is 38.9 Å². The summed E-state index contributed by atoms with van der Waals surface area (Å²) in [7, 11) is 0. The average molecular weight is 495 g/mol. The van der Waals surface area contributed by atoms with Crippen molar-refractivity contribution in [2.24, 2.45) is 11.3 Å². The summed E-state index contributed by atoms with van der Waals surface area (Å²) in [6, 6.07) is 0.289. The molecule has 1 N–H and O–H groups in total. The highest BCUT2D eigenvalue weighted by molar-refractivity contribution is 6.38. The molecule has 1 saturated heterocycles. The van der Waals surface area contributed by atoms with Crippen LogP contribution in [0.5, 0.6) is 0 Å². The fourth-order valence-electron chi connectivity index (χ4n) is 5.08. The first kappa shape index (κ1) is 23.1. The van der Waals surface area contributed by atoms with Crippen molar-refractivity contribution >= 4 is 40.1 Å². The van der Waals surface area contributed by atoms with Crippen LogP contribution in [0.1, 0.15) is 56.4 Å². The first-order valence-electron chi connectivity index (χ1n) is 11.2. The number of carbonyl (C=O) groups is 2. The number of hydrogen-bond acceptors (Lipinski definition) is 5. The Morgan fingerprint density at radius 2 is 1.94 bits per heavy atom. The van der Waals surface area contributed by atoms with Crippen molar-refractivity contribution in [2.75, 3.05) is 18.0 Å². The third-order valence-corrected chi connectivity index (χ3v) is 7.36. The Balaban J connectivity index is 1.62. The molecule has 1 aromatic heterocycles. The van der Waals surface area contributed by atoms with Crippen molar-refractivity contribution in [1.29, 1.82) is 0 Å². The predicted molar refractivity (Wildman–Crippen MR) is 122 cm³/mol. The molecular formula is C24H25ClF2N2O5.